The average Bonchev–Trinajstić information content (AvgIpc) is 3.10. The summed E-state index contributed by atoms with van der Waals surface area (Å²) in [5.74, 6) is -2.64. The summed E-state index contributed by atoms with van der Waals surface area (Å²) < 4.78 is 10.9. The summed E-state index contributed by atoms with van der Waals surface area (Å²) in [6.07, 6.45) is 4.64. The van der Waals surface area contributed by atoms with Crippen LogP contribution in [0.15, 0.2) is 12.2 Å². The van der Waals surface area contributed by atoms with E-state index in [0.29, 0.717) is 6.54 Å². The molecule has 3 rings (SSSR count). The van der Waals surface area contributed by atoms with Gasteiger partial charge in [0.25, 0.3) is 0 Å². The molecule has 0 aromatic rings. The Morgan fingerprint density at radius 2 is 2.00 bits per heavy atom. The summed E-state index contributed by atoms with van der Waals surface area (Å²) in [5.41, 5.74) is 0. The molecule has 5 atom stereocenters. The zero-order valence-electron chi connectivity index (χ0n) is 10.5. The number of carbonyl (C=O) groups excluding carboxylic acids is 1. The molecule has 2 bridgehead atoms. The van der Waals surface area contributed by atoms with Crippen molar-refractivity contribution in [2.45, 2.75) is 31.2 Å². The molecule has 2 saturated heterocycles. The molecule has 1 amide bonds. The molecular weight excluding hydrogens is 250 g/mol. The maximum Gasteiger partial charge on any atom is 0.310 e. The van der Waals surface area contributed by atoms with Crippen LogP contribution in [-0.2, 0) is 19.1 Å². The third-order valence-corrected chi connectivity index (χ3v) is 4.02. The van der Waals surface area contributed by atoms with Gasteiger partial charge in [-0.25, -0.2) is 0 Å². The van der Waals surface area contributed by atoms with E-state index >= 15 is 0 Å². The summed E-state index contributed by atoms with van der Waals surface area (Å²) in [5, 5.41) is 12.0. The van der Waals surface area contributed by atoms with E-state index in [-0.39, 0.29) is 12.0 Å². The lowest BCUT2D eigenvalue weighted by molar-refractivity contribution is -0.146. The monoisotopic (exact) mass is 267 g/mol. The molecule has 2 N–H and O–H groups in total. The zero-order chi connectivity index (χ0) is 13.4. The van der Waals surface area contributed by atoms with Crippen molar-refractivity contribution in [3.05, 3.63) is 12.2 Å². The van der Waals surface area contributed by atoms with Gasteiger partial charge in [-0.05, 0) is 12.8 Å². The number of amides is 1. The molecule has 3 heterocycles. The number of hydrogen-bond donors (Lipinski definition) is 2. The highest BCUT2D eigenvalue weighted by Gasteiger charge is 2.53. The number of ether oxygens (including phenoxy) is 2. The lowest BCUT2D eigenvalue weighted by Gasteiger charge is -2.21. The van der Waals surface area contributed by atoms with Crippen LogP contribution < -0.4 is 5.32 Å². The molecule has 19 heavy (non-hydrogen) atoms. The fourth-order valence-electron chi connectivity index (χ4n) is 3.05. The highest BCUT2D eigenvalue weighted by atomic mass is 16.5. The van der Waals surface area contributed by atoms with Crippen molar-refractivity contribution < 1.29 is 24.2 Å². The van der Waals surface area contributed by atoms with Crippen molar-refractivity contribution in [1.29, 1.82) is 0 Å². The molecule has 6 nitrogen and oxygen atoms in total. The molecule has 0 aromatic carbocycles. The molecule has 6 heteroatoms. The number of carboxylic acids is 1. The van der Waals surface area contributed by atoms with Gasteiger partial charge in [0, 0.05) is 13.2 Å². The zero-order valence-corrected chi connectivity index (χ0v) is 10.5. The Morgan fingerprint density at radius 3 is 2.63 bits per heavy atom. The fraction of sp³-hybridized carbons (Fsp3) is 0.692. The molecule has 0 spiro atoms. The van der Waals surface area contributed by atoms with Gasteiger partial charge >= 0.3 is 5.97 Å². The second kappa shape index (κ2) is 4.94. The second-order valence-corrected chi connectivity index (χ2v) is 5.22. The number of aliphatic carboxylic acids is 1. The first-order valence-electron chi connectivity index (χ1n) is 6.63. The molecule has 0 aromatic heterocycles. The third kappa shape index (κ3) is 2.26. The molecule has 0 saturated carbocycles. The van der Waals surface area contributed by atoms with E-state index in [9.17, 15) is 14.7 Å². The van der Waals surface area contributed by atoms with Crippen LogP contribution in [0.25, 0.3) is 0 Å². The van der Waals surface area contributed by atoms with E-state index in [1.165, 1.54) is 0 Å². The van der Waals surface area contributed by atoms with Crippen LogP contribution in [0, 0.1) is 11.8 Å². The van der Waals surface area contributed by atoms with Crippen molar-refractivity contribution in [3.8, 4) is 0 Å². The van der Waals surface area contributed by atoms with Crippen LogP contribution in [0.3, 0.4) is 0 Å². The summed E-state index contributed by atoms with van der Waals surface area (Å²) in [7, 11) is 0. The van der Waals surface area contributed by atoms with Crippen LogP contribution in [-0.4, -0.2) is 48.4 Å². The lowest BCUT2D eigenvalue weighted by atomic mass is 9.82. The van der Waals surface area contributed by atoms with E-state index in [1.54, 1.807) is 12.2 Å². The van der Waals surface area contributed by atoms with Crippen LogP contribution in [0.4, 0.5) is 0 Å². The number of fused-ring (bicyclic) bond motifs is 2. The Morgan fingerprint density at radius 1 is 1.26 bits per heavy atom. The topological polar surface area (TPSA) is 84.9 Å². The number of carbonyl (C=O) groups is 2. The molecular formula is C13H17NO5. The Hall–Kier alpha value is -1.40. The van der Waals surface area contributed by atoms with Crippen molar-refractivity contribution in [3.63, 3.8) is 0 Å². The molecule has 0 aliphatic carbocycles. The SMILES string of the molecule is O=C(NC[C@@H]1CCCO1)[C@@H]1[C@H](C(=O)O)[C@H]2C=C[C@H]1O2. The van der Waals surface area contributed by atoms with Gasteiger partial charge in [-0.15, -0.1) is 0 Å². The quantitative estimate of drug-likeness (QED) is 0.697. The van der Waals surface area contributed by atoms with Crippen molar-refractivity contribution in [1.82, 2.24) is 5.32 Å². The fourth-order valence-corrected chi connectivity index (χ4v) is 3.05. The van der Waals surface area contributed by atoms with Crippen molar-refractivity contribution >= 4 is 11.9 Å². The number of rotatable bonds is 4. The minimum absolute atomic E-state index is 0.0577. The van der Waals surface area contributed by atoms with Crippen LogP contribution in [0.5, 0.6) is 0 Å². The molecule has 0 radical (unpaired) electrons. The largest absolute Gasteiger partial charge is 0.481 e. The van der Waals surface area contributed by atoms with Gasteiger partial charge in [0.1, 0.15) is 5.92 Å². The Kier molecular flexibility index (Phi) is 3.28. The highest BCUT2D eigenvalue weighted by molar-refractivity contribution is 5.87. The Balaban J connectivity index is 1.62. The van der Waals surface area contributed by atoms with E-state index in [1.807, 2.05) is 0 Å². The first-order valence-corrected chi connectivity index (χ1v) is 6.63. The smallest absolute Gasteiger partial charge is 0.310 e. The van der Waals surface area contributed by atoms with Gasteiger partial charge in [0.2, 0.25) is 5.91 Å². The number of carboxylic acid groups (broad SMARTS) is 1. The van der Waals surface area contributed by atoms with Gasteiger partial charge in [-0.1, -0.05) is 12.2 Å². The molecule has 2 fully saturated rings. The van der Waals surface area contributed by atoms with Crippen LogP contribution >= 0.6 is 0 Å². The van der Waals surface area contributed by atoms with E-state index in [4.69, 9.17) is 9.47 Å². The minimum atomic E-state index is -0.978. The van der Waals surface area contributed by atoms with E-state index in [2.05, 4.69) is 5.32 Å². The summed E-state index contributed by atoms with van der Waals surface area (Å²) in [4.78, 5) is 23.4. The molecule has 3 aliphatic heterocycles. The first kappa shape index (κ1) is 12.6. The highest BCUT2D eigenvalue weighted by Crippen LogP contribution is 2.39. The van der Waals surface area contributed by atoms with Gasteiger partial charge < -0.3 is 19.9 Å². The second-order valence-electron chi connectivity index (χ2n) is 5.22. The lowest BCUT2D eigenvalue weighted by Crippen LogP contribution is -2.44. The van der Waals surface area contributed by atoms with Crippen LogP contribution in [0.1, 0.15) is 12.8 Å². The van der Waals surface area contributed by atoms with Crippen molar-refractivity contribution in [2.24, 2.45) is 11.8 Å². The summed E-state index contributed by atoms with van der Waals surface area (Å²) in [6.45, 7) is 1.18. The van der Waals surface area contributed by atoms with Crippen LogP contribution in [0.2, 0.25) is 0 Å². The summed E-state index contributed by atoms with van der Waals surface area (Å²) in [6, 6.07) is 0. The third-order valence-electron chi connectivity index (χ3n) is 4.02. The number of hydrogen-bond acceptors (Lipinski definition) is 4. The average molecular weight is 267 g/mol. The molecule has 104 valence electrons. The molecule has 3 aliphatic rings. The van der Waals surface area contributed by atoms with E-state index in [0.717, 1.165) is 19.4 Å². The molecule has 0 unspecified atom stereocenters. The Bertz CT molecular complexity index is 415. The first-order chi connectivity index (χ1) is 9.16. The van der Waals surface area contributed by atoms with Gasteiger partial charge in [0.05, 0.1) is 24.2 Å². The van der Waals surface area contributed by atoms with Gasteiger partial charge in [-0.2, -0.15) is 0 Å². The minimum Gasteiger partial charge on any atom is -0.481 e. The predicted octanol–water partition coefficient (Wildman–Crippen LogP) is -0.0642. The number of nitrogens with one attached hydrogen (secondary N) is 1. The van der Waals surface area contributed by atoms with Gasteiger partial charge in [-0.3, -0.25) is 9.59 Å². The standard InChI is InChI=1S/C13H17NO5/c15-12(14-6-7-2-1-5-18-7)10-8-3-4-9(19-8)11(10)13(16)17/h3-4,7-11H,1-2,5-6H2,(H,14,15)(H,16,17)/t7-,8+,9+,10-,11+/m0/s1. The maximum absolute atomic E-state index is 12.2. The normalized spacial score (nSPS) is 39.7. The van der Waals surface area contributed by atoms with E-state index < -0.39 is 30.0 Å². The predicted molar refractivity (Wildman–Crippen MR) is 64.4 cm³/mol. The summed E-state index contributed by atoms with van der Waals surface area (Å²) >= 11 is 0. The van der Waals surface area contributed by atoms with Crippen molar-refractivity contribution in [2.75, 3.05) is 13.2 Å². The maximum atomic E-state index is 12.2. The van der Waals surface area contributed by atoms with Gasteiger partial charge in [0.15, 0.2) is 0 Å². The Labute approximate surface area is 110 Å².